The van der Waals surface area contributed by atoms with E-state index in [1.54, 1.807) is 24.3 Å². The van der Waals surface area contributed by atoms with Gasteiger partial charge in [0.05, 0.1) is 5.70 Å². The maximum absolute atomic E-state index is 8.93. The maximum atomic E-state index is 8.93. The van der Waals surface area contributed by atoms with Gasteiger partial charge in [0.2, 0.25) is 0 Å². The topological polar surface area (TPSA) is 46.2 Å². The quantitative estimate of drug-likeness (QED) is 0.483. The summed E-state index contributed by atoms with van der Waals surface area (Å²) in [6, 6.07) is 6.81. The Balaban J connectivity index is 3.06. The lowest BCUT2D eigenvalue weighted by Crippen LogP contribution is -1.98. The number of thiol groups is 1. The van der Waals surface area contributed by atoms with E-state index >= 15 is 0 Å². The van der Waals surface area contributed by atoms with Gasteiger partial charge in [0, 0.05) is 10.6 Å². The standard InChI is InChI=1S/C8H8ClNOS/c9-6-3-1-5(2-4-6)7(10)8(11)12/h1-4,11-12H,10H2/b8-7-. The van der Waals surface area contributed by atoms with Gasteiger partial charge in [0.25, 0.3) is 0 Å². The van der Waals surface area contributed by atoms with E-state index in [1.165, 1.54) is 0 Å². The Kier molecular flexibility index (Phi) is 2.89. The van der Waals surface area contributed by atoms with Crippen LogP contribution < -0.4 is 5.73 Å². The third-order valence-electron chi connectivity index (χ3n) is 1.40. The third-order valence-corrected chi connectivity index (χ3v) is 1.89. The number of hydrogen-bond acceptors (Lipinski definition) is 3. The summed E-state index contributed by atoms with van der Waals surface area (Å²) in [4.78, 5) is 0. The van der Waals surface area contributed by atoms with Crippen LogP contribution in [0.5, 0.6) is 0 Å². The zero-order valence-corrected chi connectivity index (χ0v) is 7.81. The highest BCUT2D eigenvalue weighted by Gasteiger charge is 1.99. The molecule has 1 aromatic rings. The van der Waals surface area contributed by atoms with Crippen molar-refractivity contribution in [2.75, 3.05) is 0 Å². The average molecular weight is 202 g/mol. The largest absolute Gasteiger partial charge is 0.501 e. The number of nitrogens with two attached hydrogens (primary N) is 1. The van der Waals surface area contributed by atoms with E-state index in [4.69, 9.17) is 22.4 Å². The van der Waals surface area contributed by atoms with E-state index in [9.17, 15) is 0 Å². The van der Waals surface area contributed by atoms with Crippen molar-refractivity contribution in [2.24, 2.45) is 5.73 Å². The zero-order valence-electron chi connectivity index (χ0n) is 6.16. The fourth-order valence-electron chi connectivity index (χ4n) is 0.759. The van der Waals surface area contributed by atoms with Crippen molar-refractivity contribution in [3.8, 4) is 0 Å². The minimum absolute atomic E-state index is 0.183. The number of aliphatic hydroxyl groups is 1. The molecular weight excluding hydrogens is 194 g/mol. The van der Waals surface area contributed by atoms with Crippen LogP contribution in [0.2, 0.25) is 5.02 Å². The van der Waals surface area contributed by atoms with Gasteiger partial charge in [-0.25, -0.2) is 0 Å². The summed E-state index contributed by atoms with van der Waals surface area (Å²) in [6.45, 7) is 0. The van der Waals surface area contributed by atoms with E-state index in [1.807, 2.05) is 0 Å². The second-order valence-corrected chi connectivity index (χ2v) is 3.10. The monoisotopic (exact) mass is 201 g/mol. The van der Waals surface area contributed by atoms with Crippen LogP contribution in [-0.4, -0.2) is 5.11 Å². The van der Waals surface area contributed by atoms with Crippen LogP contribution in [0.1, 0.15) is 5.56 Å². The predicted octanol–water partition coefficient (Wildman–Crippen LogP) is 2.41. The Morgan fingerprint density at radius 3 is 2.25 bits per heavy atom. The SMILES string of the molecule is N/C(=C(/O)S)c1ccc(Cl)cc1. The smallest absolute Gasteiger partial charge is 0.171 e. The average Bonchev–Trinajstić information content (AvgIpc) is 2.04. The lowest BCUT2D eigenvalue weighted by atomic mass is 10.2. The molecule has 0 aliphatic carbocycles. The van der Waals surface area contributed by atoms with Crippen molar-refractivity contribution in [2.45, 2.75) is 0 Å². The minimum Gasteiger partial charge on any atom is -0.501 e. The molecular formula is C8H8ClNOS. The summed E-state index contributed by atoms with van der Waals surface area (Å²) < 4.78 is 0. The molecule has 4 heteroatoms. The number of halogens is 1. The first-order chi connectivity index (χ1) is 5.61. The van der Waals surface area contributed by atoms with E-state index in [0.29, 0.717) is 10.6 Å². The highest BCUT2D eigenvalue weighted by molar-refractivity contribution is 7.84. The predicted molar refractivity (Wildman–Crippen MR) is 54.2 cm³/mol. The molecule has 0 atom stereocenters. The van der Waals surface area contributed by atoms with Gasteiger partial charge in [0.15, 0.2) is 5.09 Å². The van der Waals surface area contributed by atoms with Gasteiger partial charge >= 0.3 is 0 Å². The first kappa shape index (κ1) is 9.29. The molecule has 0 saturated carbocycles. The summed E-state index contributed by atoms with van der Waals surface area (Å²) in [5.41, 5.74) is 6.44. The number of benzene rings is 1. The van der Waals surface area contributed by atoms with Crippen LogP contribution in [0.25, 0.3) is 5.70 Å². The molecule has 0 radical (unpaired) electrons. The molecule has 0 saturated heterocycles. The summed E-state index contributed by atoms with van der Waals surface area (Å²) >= 11 is 9.36. The molecule has 0 unspecified atom stereocenters. The highest BCUT2D eigenvalue weighted by atomic mass is 35.5. The molecule has 1 rings (SSSR count). The number of aliphatic hydroxyl groups excluding tert-OH is 1. The Morgan fingerprint density at radius 2 is 1.83 bits per heavy atom. The normalized spacial score (nSPS) is 12.5. The van der Waals surface area contributed by atoms with Crippen LogP contribution in [0.3, 0.4) is 0 Å². The molecule has 0 bridgehead atoms. The molecule has 64 valence electrons. The highest BCUT2D eigenvalue weighted by Crippen LogP contribution is 2.16. The molecule has 0 aromatic heterocycles. The van der Waals surface area contributed by atoms with Crippen molar-refractivity contribution < 1.29 is 5.11 Å². The van der Waals surface area contributed by atoms with Crippen LogP contribution in [-0.2, 0) is 0 Å². The zero-order chi connectivity index (χ0) is 9.14. The van der Waals surface area contributed by atoms with Gasteiger partial charge in [-0.15, -0.1) is 12.6 Å². The van der Waals surface area contributed by atoms with Gasteiger partial charge in [-0.2, -0.15) is 0 Å². The van der Waals surface area contributed by atoms with Crippen molar-refractivity contribution >= 4 is 29.9 Å². The van der Waals surface area contributed by atoms with Gasteiger partial charge < -0.3 is 10.8 Å². The van der Waals surface area contributed by atoms with Crippen molar-refractivity contribution in [3.05, 3.63) is 39.9 Å². The molecule has 0 spiro atoms. The Hall–Kier alpha value is -0.800. The van der Waals surface area contributed by atoms with Gasteiger partial charge in [-0.1, -0.05) is 23.7 Å². The summed E-state index contributed by atoms with van der Waals surface area (Å²) in [5.74, 6) is 0. The molecule has 0 aliphatic heterocycles. The van der Waals surface area contributed by atoms with Crippen molar-refractivity contribution in [3.63, 3.8) is 0 Å². The molecule has 0 amide bonds. The molecule has 12 heavy (non-hydrogen) atoms. The fraction of sp³-hybridized carbons (Fsp3) is 0. The van der Waals surface area contributed by atoms with Gasteiger partial charge in [0.1, 0.15) is 0 Å². The maximum Gasteiger partial charge on any atom is 0.171 e. The molecule has 2 nitrogen and oxygen atoms in total. The van der Waals surface area contributed by atoms with Gasteiger partial charge in [-0.3, -0.25) is 0 Å². The van der Waals surface area contributed by atoms with Crippen LogP contribution in [0.4, 0.5) is 0 Å². The first-order valence-corrected chi connectivity index (χ1v) is 4.07. The van der Waals surface area contributed by atoms with E-state index in [0.717, 1.165) is 0 Å². The molecule has 0 aliphatic rings. The first-order valence-electron chi connectivity index (χ1n) is 3.25. The Morgan fingerprint density at radius 1 is 1.33 bits per heavy atom. The molecule has 0 fully saturated rings. The van der Waals surface area contributed by atoms with E-state index in [2.05, 4.69) is 12.6 Å². The number of hydrogen-bond donors (Lipinski definition) is 3. The summed E-state index contributed by atoms with van der Waals surface area (Å²) in [7, 11) is 0. The third kappa shape index (κ3) is 2.09. The summed E-state index contributed by atoms with van der Waals surface area (Å²) in [5, 5.41) is 9.38. The lowest BCUT2D eigenvalue weighted by molar-refractivity contribution is 0.459. The Labute approximate surface area is 81.1 Å². The van der Waals surface area contributed by atoms with Crippen LogP contribution >= 0.6 is 24.2 Å². The van der Waals surface area contributed by atoms with Crippen LogP contribution in [0.15, 0.2) is 29.4 Å². The summed E-state index contributed by atoms with van der Waals surface area (Å²) in [6.07, 6.45) is 0. The second-order valence-electron chi connectivity index (χ2n) is 2.24. The lowest BCUT2D eigenvalue weighted by Gasteiger charge is -2.01. The van der Waals surface area contributed by atoms with Gasteiger partial charge in [-0.05, 0) is 12.1 Å². The molecule has 3 N–H and O–H groups in total. The van der Waals surface area contributed by atoms with Crippen LogP contribution in [0, 0.1) is 0 Å². The second kappa shape index (κ2) is 3.74. The molecule has 1 aromatic carbocycles. The van der Waals surface area contributed by atoms with Crippen molar-refractivity contribution in [1.29, 1.82) is 0 Å². The minimum atomic E-state index is -0.183. The van der Waals surface area contributed by atoms with Crippen molar-refractivity contribution in [1.82, 2.24) is 0 Å². The number of rotatable bonds is 1. The molecule has 0 heterocycles. The van der Waals surface area contributed by atoms with E-state index in [-0.39, 0.29) is 10.8 Å². The van der Waals surface area contributed by atoms with E-state index < -0.39 is 0 Å². The fourth-order valence-corrected chi connectivity index (χ4v) is 1.01. The Bertz CT molecular complexity index is 303.